The number of hydrogen-bond donors (Lipinski definition) is 1. The number of ether oxygens (including phenoxy) is 2. The maximum atomic E-state index is 5.68. The Labute approximate surface area is 142 Å². The van der Waals surface area contributed by atoms with Gasteiger partial charge in [0.2, 0.25) is 5.88 Å². The molecule has 5 heteroatoms. The minimum absolute atomic E-state index is 0.0132. The van der Waals surface area contributed by atoms with Crippen LogP contribution in [0.5, 0.6) is 5.88 Å². The summed E-state index contributed by atoms with van der Waals surface area (Å²) in [7, 11) is 1.58. The number of nitrogens with zero attached hydrogens (tertiary/aromatic N) is 1. The summed E-state index contributed by atoms with van der Waals surface area (Å²) in [4.78, 5) is 4.45. The van der Waals surface area contributed by atoms with Crippen molar-refractivity contribution in [1.29, 1.82) is 0 Å². The zero-order valence-electron chi connectivity index (χ0n) is 13.9. The summed E-state index contributed by atoms with van der Waals surface area (Å²) in [5, 5.41) is -0.0132. The number of rotatable bonds is 4. The summed E-state index contributed by atoms with van der Waals surface area (Å²) in [5.74, 6) is 0.519. The first-order valence-electron chi connectivity index (χ1n) is 7.38. The Hall–Kier alpha value is -2.14. The Kier molecular flexibility index (Phi) is 5.21. The second-order valence-electron chi connectivity index (χ2n) is 6.30. The third-order valence-corrected chi connectivity index (χ3v) is 3.61. The molecule has 23 heavy (non-hydrogen) atoms. The Morgan fingerprint density at radius 2 is 1.87 bits per heavy atom. The molecule has 0 aliphatic heterocycles. The van der Waals surface area contributed by atoms with Crippen molar-refractivity contribution in [2.45, 2.75) is 32.3 Å². The standard InChI is InChI=1S/C18H22N2O2S/c1-18(2,3)13-8-5-7-12(11-13)16(22-17(19)23)14-9-6-10-15(20-14)21-4/h5-11,16H,1-4H3,(H2,19,23). The van der Waals surface area contributed by atoms with E-state index in [0.717, 1.165) is 5.56 Å². The smallest absolute Gasteiger partial charge is 0.254 e. The van der Waals surface area contributed by atoms with Gasteiger partial charge in [0.25, 0.3) is 5.17 Å². The first-order valence-corrected chi connectivity index (χ1v) is 7.79. The average molecular weight is 330 g/mol. The molecule has 0 aliphatic carbocycles. The van der Waals surface area contributed by atoms with Gasteiger partial charge >= 0.3 is 0 Å². The molecule has 0 amide bonds. The molecule has 1 aromatic heterocycles. The zero-order chi connectivity index (χ0) is 17.0. The van der Waals surface area contributed by atoms with Gasteiger partial charge in [-0.25, -0.2) is 4.98 Å². The van der Waals surface area contributed by atoms with Crippen LogP contribution in [0.15, 0.2) is 42.5 Å². The molecule has 1 unspecified atom stereocenters. The fourth-order valence-electron chi connectivity index (χ4n) is 2.27. The van der Waals surface area contributed by atoms with E-state index >= 15 is 0 Å². The minimum atomic E-state index is -0.468. The Balaban J connectivity index is 2.48. The van der Waals surface area contributed by atoms with Gasteiger partial charge in [0.15, 0.2) is 6.10 Å². The predicted octanol–water partition coefficient (Wildman–Crippen LogP) is 3.74. The van der Waals surface area contributed by atoms with E-state index in [-0.39, 0.29) is 10.6 Å². The highest BCUT2D eigenvalue weighted by atomic mass is 32.1. The fourth-order valence-corrected chi connectivity index (χ4v) is 2.37. The van der Waals surface area contributed by atoms with E-state index in [4.69, 9.17) is 27.4 Å². The Morgan fingerprint density at radius 1 is 1.17 bits per heavy atom. The Morgan fingerprint density at radius 3 is 2.48 bits per heavy atom. The van der Waals surface area contributed by atoms with Crippen molar-refractivity contribution in [2.24, 2.45) is 5.73 Å². The van der Waals surface area contributed by atoms with Crippen LogP contribution in [-0.2, 0) is 10.2 Å². The summed E-state index contributed by atoms with van der Waals surface area (Å²) < 4.78 is 10.9. The number of hydrogen-bond acceptors (Lipinski definition) is 4. The van der Waals surface area contributed by atoms with Gasteiger partial charge in [-0.1, -0.05) is 51.1 Å². The third kappa shape index (κ3) is 4.42. The molecule has 1 aromatic carbocycles. The molecule has 1 heterocycles. The molecule has 0 saturated heterocycles. The van der Waals surface area contributed by atoms with Gasteiger partial charge in [-0.15, -0.1) is 0 Å². The predicted molar refractivity (Wildman–Crippen MR) is 95.6 cm³/mol. The average Bonchev–Trinajstić information content (AvgIpc) is 2.52. The lowest BCUT2D eigenvalue weighted by atomic mass is 9.85. The molecule has 0 fully saturated rings. The van der Waals surface area contributed by atoms with Crippen molar-refractivity contribution in [1.82, 2.24) is 4.98 Å². The molecule has 1 atom stereocenters. The second-order valence-corrected chi connectivity index (χ2v) is 6.70. The number of benzene rings is 1. The van der Waals surface area contributed by atoms with Crippen molar-refractivity contribution in [3.8, 4) is 5.88 Å². The van der Waals surface area contributed by atoms with E-state index < -0.39 is 6.10 Å². The Bertz CT molecular complexity index is 695. The fraction of sp³-hybridized carbons (Fsp3) is 0.333. The van der Waals surface area contributed by atoms with Crippen LogP contribution in [0.1, 0.15) is 43.7 Å². The highest BCUT2D eigenvalue weighted by Gasteiger charge is 2.21. The third-order valence-electron chi connectivity index (χ3n) is 3.51. The van der Waals surface area contributed by atoms with Crippen molar-refractivity contribution in [3.05, 3.63) is 59.3 Å². The zero-order valence-corrected chi connectivity index (χ0v) is 14.7. The second kappa shape index (κ2) is 6.96. The summed E-state index contributed by atoms with van der Waals surface area (Å²) >= 11 is 4.94. The maximum absolute atomic E-state index is 5.68. The molecule has 2 aromatic rings. The quantitative estimate of drug-likeness (QED) is 0.866. The molecule has 122 valence electrons. The molecule has 2 N–H and O–H groups in total. The van der Waals surface area contributed by atoms with E-state index in [2.05, 4.69) is 37.9 Å². The number of nitrogens with two attached hydrogens (primary N) is 1. The lowest BCUT2D eigenvalue weighted by Gasteiger charge is -2.23. The van der Waals surface area contributed by atoms with Crippen LogP contribution < -0.4 is 10.5 Å². The van der Waals surface area contributed by atoms with Crippen LogP contribution >= 0.6 is 12.2 Å². The van der Waals surface area contributed by atoms with E-state index in [1.165, 1.54) is 5.56 Å². The molecule has 4 nitrogen and oxygen atoms in total. The van der Waals surface area contributed by atoms with E-state index in [1.807, 2.05) is 24.3 Å². The van der Waals surface area contributed by atoms with Crippen LogP contribution in [-0.4, -0.2) is 17.3 Å². The van der Waals surface area contributed by atoms with Gasteiger partial charge in [-0.2, -0.15) is 0 Å². The van der Waals surface area contributed by atoms with Crippen LogP contribution in [0.2, 0.25) is 0 Å². The topological polar surface area (TPSA) is 57.4 Å². The van der Waals surface area contributed by atoms with Crippen LogP contribution in [0, 0.1) is 0 Å². The molecule has 0 bridgehead atoms. The lowest BCUT2D eigenvalue weighted by molar-refractivity contribution is 0.229. The normalized spacial score (nSPS) is 12.5. The van der Waals surface area contributed by atoms with Crippen LogP contribution in [0.4, 0.5) is 0 Å². The van der Waals surface area contributed by atoms with Gasteiger partial charge in [0.1, 0.15) is 0 Å². The summed E-state index contributed by atoms with van der Waals surface area (Å²) in [6.07, 6.45) is -0.468. The number of thiocarbonyl (C=S) groups is 1. The van der Waals surface area contributed by atoms with Crippen molar-refractivity contribution >= 4 is 17.4 Å². The maximum Gasteiger partial charge on any atom is 0.254 e. The monoisotopic (exact) mass is 330 g/mol. The molecule has 2 rings (SSSR count). The van der Waals surface area contributed by atoms with Crippen molar-refractivity contribution in [2.75, 3.05) is 7.11 Å². The van der Waals surface area contributed by atoms with Crippen LogP contribution in [0.25, 0.3) is 0 Å². The molecule has 0 spiro atoms. The molecule has 0 saturated carbocycles. The first kappa shape index (κ1) is 17.2. The van der Waals surface area contributed by atoms with Crippen molar-refractivity contribution < 1.29 is 9.47 Å². The van der Waals surface area contributed by atoms with Gasteiger partial charge in [0, 0.05) is 6.07 Å². The minimum Gasteiger partial charge on any atom is -0.481 e. The van der Waals surface area contributed by atoms with E-state index in [1.54, 1.807) is 13.2 Å². The highest BCUT2D eigenvalue weighted by Crippen LogP contribution is 2.30. The SMILES string of the molecule is COc1cccc(C(OC(N)=S)c2cccc(C(C)(C)C)c2)n1. The molecular weight excluding hydrogens is 308 g/mol. The number of aromatic nitrogens is 1. The van der Waals surface area contributed by atoms with Crippen LogP contribution in [0.3, 0.4) is 0 Å². The number of methoxy groups -OCH3 is 1. The van der Waals surface area contributed by atoms with Crippen molar-refractivity contribution in [3.63, 3.8) is 0 Å². The lowest BCUT2D eigenvalue weighted by Crippen LogP contribution is -2.19. The largest absolute Gasteiger partial charge is 0.481 e. The van der Waals surface area contributed by atoms with Gasteiger partial charge < -0.3 is 15.2 Å². The first-order chi connectivity index (χ1) is 10.8. The molecular formula is C18H22N2O2S. The number of pyridine rings is 1. The highest BCUT2D eigenvalue weighted by molar-refractivity contribution is 7.80. The van der Waals surface area contributed by atoms with Gasteiger partial charge in [0.05, 0.1) is 12.8 Å². The molecule has 0 aliphatic rings. The van der Waals surface area contributed by atoms with E-state index in [9.17, 15) is 0 Å². The molecule has 0 radical (unpaired) electrons. The van der Waals surface area contributed by atoms with E-state index in [0.29, 0.717) is 11.6 Å². The summed E-state index contributed by atoms with van der Waals surface area (Å²) in [5.41, 5.74) is 8.50. The van der Waals surface area contributed by atoms with Gasteiger partial charge in [-0.05, 0) is 34.8 Å². The van der Waals surface area contributed by atoms with Gasteiger partial charge in [-0.3, -0.25) is 0 Å². The summed E-state index contributed by atoms with van der Waals surface area (Å²) in [6.45, 7) is 6.50. The summed E-state index contributed by atoms with van der Waals surface area (Å²) in [6, 6.07) is 13.7.